The van der Waals surface area contributed by atoms with Crippen molar-refractivity contribution in [3.63, 3.8) is 0 Å². The fraction of sp³-hybridized carbons (Fsp3) is 0.857. The highest BCUT2D eigenvalue weighted by Crippen LogP contribution is 2.09. The first-order chi connectivity index (χ1) is 8.93. The highest BCUT2D eigenvalue weighted by atomic mass is 16.4. The molecule has 0 spiro atoms. The number of amides is 1. The Hall–Kier alpha value is -1.10. The van der Waals surface area contributed by atoms with Gasteiger partial charge in [-0.15, -0.1) is 0 Å². The van der Waals surface area contributed by atoms with Crippen LogP contribution in [0.25, 0.3) is 0 Å². The van der Waals surface area contributed by atoms with Gasteiger partial charge >= 0.3 is 5.97 Å². The summed E-state index contributed by atoms with van der Waals surface area (Å²) < 4.78 is 0. The largest absolute Gasteiger partial charge is 0.480 e. The van der Waals surface area contributed by atoms with Crippen LogP contribution in [-0.4, -0.2) is 47.1 Å². The van der Waals surface area contributed by atoms with Gasteiger partial charge in [0.2, 0.25) is 5.91 Å². The van der Waals surface area contributed by atoms with Crippen molar-refractivity contribution < 1.29 is 14.7 Å². The zero-order chi connectivity index (χ0) is 14.8. The third-order valence-electron chi connectivity index (χ3n) is 3.43. The maximum Gasteiger partial charge on any atom is 0.317 e. The maximum absolute atomic E-state index is 12.0. The summed E-state index contributed by atoms with van der Waals surface area (Å²) in [5, 5.41) is 11.8. The number of unbranched alkanes of at least 4 members (excludes halogenated alkanes) is 2. The lowest BCUT2D eigenvalue weighted by Gasteiger charge is -2.31. The Morgan fingerprint density at radius 2 is 1.84 bits per heavy atom. The van der Waals surface area contributed by atoms with Crippen LogP contribution in [0.2, 0.25) is 0 Å². The third-order valence-corrected chi connectivity index (χ3v) is 3.43. The molecule has 2 unspecified atom stereocenters. The van der Waals surface area contributed by atoms with Crippen LogP contribution in [0.5, 0.6) is 0 Å². The smallest absolute Gasteiger partial charge is 0.317 e. The second kappa shape index (κ2) is 9.78. The minimum absolute atomic E-state index is 0.0764. The van der Waals surface area contributed by atoms with E-state index in [-0.39, 0.29) is 18.5 Å². The van der Waals surface area contributed by atoms with Crippen molar-refractivity contribution in [2.45, 2.75) is 65.5 Å². The van der Waals surface area contributed by atoms with Gasteiger partial charge in [-0.25, -0.2) is 0 Å². The average molecular weight is 272 g/mol. The lowest BCUT2D eigenvalue weighted by atomic mass is 10.1. The molecule has 19 heavy (non-hydrogen) atoms. The van der Waals surface area contributed by atoms with Gasteiger partial charge in [-0.05, 0) is 26.7 Å². The SMILES string of the molecule is CCCCCNC(=O)C(C)N(CC(=O)O)C(C)CC. The van der Waals surface area contributed by atoms with Crippen LogP contribution in [0.3, 0.4) is 0 Å². The van der Waals surface area contributed by atoms with Gasteiger partial charge < -0.3 is 10.4 Å². The maximum atomic E-state index is 12.0. The molecular formula is C14H28N2O3. The average Bonchev–Trinajstić information content (AvgIpc) is 2.38. The zero-order valence-electron chi connectivity index (χ0n) is 12.6. The number of aliphatic carboxylic acids is 1. The number of hydrogen-bond donors (Lipinski definition) is 2. The quantitative estimate of drug-likeness (QED) is 0.596. The number of carboxylic acids is 1. The van der Waals surface area contributed by atoms with Crippen LogP contribution in [-0.2, 0) is 9.59 Å². The molecule has 2 N–H and O–H groups in total. The van der Waals surface area contributed by atoms with Gasteiger partial charge in [-0.2, -0.15) is 0 Å². The summed E-state index contributed by atoms with van der Waals surface area (Å²) in [4.78, 5) is 24.6. The number of nitrogens with one attached hydrogen (secondary N) is 1. The fourth-order valence-electron chi connectivity index (χ4n) is 1.95. The molecule has 0 aromatic rings. The first-order valence-corrected chi connectivity index (χ1v) is 7.19. The van der Waals surface area contributed by atoms with Gasteiger partial charge in [0, 0.05) is 12.6 Å². The molecule has 0 aromatic carbocycles. The van der Waals surface area contributed by atoms with E-state index in [4.69, 9.17) is 5.11 Å². The second-order valence-corrected chi connectivity index (χ2v) is 5.00. The van der Waals surface area contributed by atoms with E-state index in [2.05, 4.69) is 12.2 Å². The normalized spacial score (nSPS) is 14.2. The Balaban J connectivity index is 4.39. The predicted molar refractivity (Wildman–Crippen MR) is 76.1 cm³/mol. The molecular weight excluding hydrogens is 244 g/mol. The summed E-state index contributed by atoms with van der Waals surface area (Å²) in [5.74, 6) is -0.983. The summed E-state index contributed by atoms with van der Waals surface area (Å²) in [6.07, 6.45) is 4.00. The monoisotopic (exact) mass is 272 g/mol. The molecule has 5 nitrogen and oxygen atoms in total. The number of rotatable bonds is 10. The summed E-state index contributed by atoms with van der Waals surface area (Å²) in [6, 6.07) is -0.333. The van der Waals surface area contributed by atoms with Gasteiger partial charge in [0.25, 0.3) is 0 Å². The molecule has 2 atom stereocenters. The molecule has 0 fully saturated rings. The van der Waals surface area contributed by atoms with Crippen LogP contribution in [0.1, 0.15) is 53.4 Å². The van der Waals surface area contributed by atoms with Crippen molar-refractivity contribution in [3.05, 3.63) is 0 Å². The topological polar surface area (TPSA) is 69.6 Å². The Bertz CT molecular complexity index is 282. The molecule has 0 bridgehead atoms. The predicted octanol–water partition coefficient (Wildman–Crippen LogP) is 1.87. The Morgan fingerprint density at radius 3 is 2.32 bits per heavy atom. The van der Waals surface area contributed by atoms with Crippen LogP contribution in [0, 0.1) is 0 Å². The number of carbonyl (C=O) groups excluding carboxylic acids is 1. The van der Waals surface area contributed by atoms with E-state index in [1.165, 1.54) is 0 Å². The molecule has 0 aliphatic rings. The second-order valence-electron chi connectivity index (χ2n) is 5.00. The first kappa shape index (κ1) is 17.9. The van der Waals surface area contributed by atoms with Gasteiger partial charge in [0.05, 0.1) is 12.6 Å². The standard InChI is InChI=1S/C14H28N2O3/c1-5-7-8-9-15-14(19)12(4)16(10-13(17)18)11(3)6-2/h11-12H,5-10H2,1-4H3,(H,15,19)(H,17,18). The van der Waals surface area contributed by atoms with Crippen molar-refractivity contribution in [2.24, 2.45) is 0 Å². The number of nitrogens with zero attached hydrogens (tertiary/aromatic N) is 1. The Morgan fingerprint density at radius 1 is 1.21 bits per heavy atom. The highest BCUT2D eigenvalue weighted by molar-refractivity contribution is 5.82. The van der Waals surface area contributed by atoms with Crippen molar-refractivity contribution >= 4 is 11.9 Å². The summed E-state index contributed by atoms with van der Waals surface area (Å²) in [5.41, 5.74) is 0. The zero-order valence-corrected chi connectivity index (χ0v) is 12.6. The van der Waals surface area contributed by atoms with Gasteiger partial charge in [-0.3, -0.25) is 14.5 Å². The van der Waals surface area contributed by atoms with E-state index in [1.807, 2.05) is 13.8 Å². The molecule has 0 heterocycles. The Kier molecular flexibility index (Phi) is 9.21. The molecule has 0 saturated heterocycles. The minimum atomic E-state index is -0.897. The van der Waals surface area contributed by atoms with E-state index in [9.17, 15) is 9.59 Å². The van der Waals surface area contributed by atoms with Crippen LogP contribution in [0.4, 0.5) is 0 Å². The molecule has 1 amide bonds. The molecule has 0 aliphatic heterocycles. The Labute approximate surface area is 116 Å². The summed E-state index contributed by atoms with van der Waals surface area (Å²) >= 11 is 0. The van der Waals surface area contributed by atoms with Crippen molar-refractivity contribution in [3.8, 4) is 0 Å². The number of carbonyl (C=O) groups is 2. The minimum Gasteiger partial charge on any atom is -0.480 e. The summed E-state index contributed by atoms with van der Waals surface area (Å²) in [7, 11) is 0. The van der Waals surface area contributed by atoms with E-state index >= 15 is 0 Å². The van der Waals surface area contributed by atoms with Crippen molar-refractivity contribution in [1.82, 2.24) is 10.2 Å². The van der Waals surface area contributed by atoms with E-state index in [1.54, 1.807) is 11.8 Å². The molecule has 0 radical (unpaired) electrons. The fourth-order valence-corrected chi connectivity index (χ4v) is 1.95. The lowest BCUT2D eigenvalue weighted by molar-refractivity contribution is -0.140. The van der Waals surface area contributed by atoms with Crippen molar-refractivity contribution in [2.75, 3.05) is 13.1 Å². The molecule has 0 rings (SSSR count). The van der Waals surface area contributed by atoms with E-state index in [0.29, 0.717) is 6.54 Å². The third kappa shape index (κ3) is 7.15. The number of carboxylic acid groups (broad SMARTS) is 1. The summed E-state index contributed by atoms with van der Waals surface area (Å²) in [6.45, 7) is 8.39. The van der Waals surface area contributed by atoms with Gasteiger partial charge in [-0.1, -0.05) is 26.7 Å². The van der Waals surface area contributed by atoms with Crippen LogP contribution in [0.15, 0.2) is 0 Å². The molecule has 5 heteroatoms. The lowest BCUT2D eigenvalue weighted by Crippen LogP contribution is -2.50. The van der Waals surface area contributed by atoms with E-state index in [0.717, 1.165) is 25.7 Å². The van der Waals surface area contributed by atoms with Crippen LogP contribution < -0.4 is 5.32 Å². The first-order valence-electron chi connectivity index (χ1n) is 7.19. The molecule has 112 valence electrons. The molecule has 0 aromatic heterocycles. The van der Waals surface area contributed by atoms with Crippen LogP contribution >= 0.6 is 0 Å². The molecule has 0 saturated carbocycles. The van der Waals surface area contributed by atoms with Gasteiger partial charge in [0.15, 0.2) is 0 Å². The molecule has 0 aliphatic carbocycles. The van der Waals surface area contributed by atoms with E-state index < -0.39 is 12.0 Å². The van der Waals surface area contributed by atoms with Crippen molar-refractivity contribution in [1.29, 1.82) is 0 Å². The number of hydrogen-bond acceptors (Lipinski definition) is 3. The highest BCUT2D eigenvalue weighted by Gasteiger charge is 2.26. The van der Waals surface area contributed by atoms with Gasteiger partial charge in [0.1, 0.15) is 0 Å².